The first-order chi connectivity index (χ1) is 10.2. The molecule has 0 spiro atoms. The number of aryl methyl sites for hydroxylation is 3. The first-order valence-corrected chi connectivity index (χ1v) is 7.69. The van der Waals surface area contributed by atoms with Gasteiger partial charge in [-0.3, -0.25) is 0 Å². The minimum atomic E-state index is 0.124. The van der Waals surface area contributed by atoms with Gasteiger partial charge in [0.05, 0.1) is 11.7 Å². The highest BCUT2D eigenvalue weighted by Gasteiger charge is 2.20. The largest absolute Gasteiger partial charge is 0.363 e. The van der Waals surface area contributed by atoms with E-state index in [1.54, 1.807) is 6.33 Å². The van der Waals surface area contributed by atoms with Crippen molar-refractivity contribution in [3.8, 4) is 0 Å². The molecule has 0 aromatic carbocycles. The zero-order chi connectivity index (χ0) is 14.8. The van der Waals surface area contributed by atoms with Crippen LogP contribution in [0.4, 0.5) is 5.82 Å². The van der Waals surface area contributed by atoms with Gasteiger partial charge in [0.25, 0.3) is 0 Å². The van der Waals surface area contributed by atoms with Gasteiger partial charge in [-0.15, -0.1) is 0 Å². The maximum Gasteiger partial charge on any atom is 0.139 e. The highest BCUT2D eigenvalue weighted by molar-refractivity contribution is 5.48. The van der Waals surface area contributed by atoms with Crippen LogP contribution in [0.1, 0.15) is 60.5 Å². The lowest BCUT2D eigenvalue weighted by Crippen LogP contribution is -2.13. The summed E-state index contributed by atoms with van der Waals surface area (Å²) >= 11 is 0. The van der Waals surface area contributed by atoms with E-state index in [2.05, 4.69) is 27.4 Å². The smallest absolute Gasteiger partial charge is 0.139 e. The molecular formula is C16H22N4O. The predicted molar refractivity (Wildman–Crippen MR) is 81.3 cm³/mol. The molecule has 1 unspecified atom stereocenters. The Bertz CT molecular complexity index is 616. The summed E-state index contributed by atoms with van der Waals surface area (Å²) in [5.74, 6) is 1.84. The molecule has 2 aromatic rings. The first-order valence-electron chi connectivity index (χ1n) is 7.69. The fourth-order valence-corrected chi connectivity index (χ4v) is 3.21. The first kappa shape index (κ1) is 14.0. The van der Waals surface area contributed by atoms with E-state index >= 15 is 0 Å². The lowest BCUT2D eigenvalue weighted by molar-refractivity contribution is 0.392. The van der Waals surface area contributed by atoms with Crippen LogP contribution >= 0.6 is 0 Å². The van der Waals surface area contributed by atoms with Crippen molar-refractivity contribution in [2.75, 3.05) is 5.32 Å². The fourth-order valence-electron chi connectivity index (χ4n) is 3.21. The molecule has 1 N–H and O–H groups in total. The normalized spacial score (nSPS) is 16.1. The van der Waals surface area contributed by atoms with Gasteiger partial charge in [0.1, 0.15) is 17.9 Å². The Morgan fingerprint density at radius 3 is 2.71 bits per heavy atom. The zero-order valence-electron chi connectivity index (χ0n) is 12.9. The Labute approximate surface area is 125 Å². The van der Waals surface area contributed by atoms with E-state index in [1.165, 1.54) is 30.5 Å². The molecular weight excluding hydrogens is 264 g/mol. The van der Waals surface area contributed by atoms with Crippen molar-refractivity contribution in [1.82, 2.24) is 15.1 Å². The fraction of sp³-hybridized carbons (Fsp3) is 0.562. The third-order valence-electron chi connectivity index (χ3n) is 4.25. The van der Waals surface area contributed by atoms with Crippen LogP contribution in [0.5, 0.6) is 0 Å². The second-order valence-electron chi connectivity index (χ2n) is 5.81. The molecule has 1 aliphatic rings. The van der Waals surface area contributed by atoms with Crippen molar-refractivity contribution >= 4 is 5.82 Å². The number of nitrogens with zero attached hydrogens (tertiary/aromatic N) is 3. The maximum atomic E-state index is 5.26. The van der Waals surface area contributed by atoms with E-state index in [1.807, 2.05) is 13.8 Å². The number of anilines is 1. The van der Waals surface area contributed by atoms with Crippen molar-refractivity contribution in [3.05, 3.63) is 34.6 Å². The van der Waals surface area contributed by atoms with E-state index in [0.29, 0.717) is 0 Å². The second-order valence-corrected chi connectivity index (χ2v) is 5.81. The number of rotatable bonds is 3. The summed E-state index contributed by atoms with van der Waals surface area (Å²) in [5.41, 5.74) is 4.55. The van der Waals surface area contributed by atoms with Crippen molar-refractivity contribution in [1.29, 1.82) is 0 Å². The molecule has 1 atom stereocenters. The number of fused-ring (bicyclic) bond motifs is 1. The van der Waals surface area contributed by atoms with E-state index in [4.69, 9.17) is 4.52 Å². The van der Waals surface area contributed by atoms with Gasteiger partial charge in [0.2, 0.25) is 0 Å². The molecule has 21 heavy (non-hydrogen) atoms. The van der Waals surface area contributed by atoms with E-state index < -0.39 is 0 Å². The van der Waals surface area contributed by atoms with Crippen LogP contribution in [0, 0.1) is 13.8 Å². The van der Waals surface area contributed by atoms with Crippen molar-refractivity contribution < 1.29 is 4.52 Å². The highest BCUT2D eigenvalue weighted by atomic mass is 16.5. The summed E-state index contributed by atoms with van der Waals surface area (Å²) in [7, 11) is 0. The molecule has 3 rings (SSSR count). The summed E-state index contributed by atoms with van der Waals surface area (Å²) in [5, 5.41) is 7.56. The van der Waals surface area contributed by atoms with Gasteiger partial charge in [-0.1, -0.05) is 11.6 Å². The zero-order valence-corrected chi connectivity index (χ0v) is 12.9. The monoisotopic (exact) mass is 286 g/mol. The molecule has 5 nitrogen and oxygen atoms in total. The minimum Gasteiger partial charge on any atom is -0.363 e. The van der Waals surface area contributed by atoms with Gasteiger partial charge < -0.3 is 9.84 Å². The Kier molecular flexibility index (Phi) is 3.90. The summed E-state index contributed by atoms with van der Waals surface area (Å²) in [4.78, 5) is 8.93. The third-order valence-corrected chi connectivity index (χ3v) is 4.25. The second kappa shape index (κ2) is 5.84. The van der Waals surface area contributed by atoms with Crippen LogP contribution in [0.15, 0.2) is 10.9 Å². The molecule has 2 aromatic heterocycles. The minimum absolute atomic E-state index is 0.124. The molecule has 0 radical (unpaired) electrons. The summed E-state index contributed by atoms with van der Waals surface area (Å²) in [6.45, 7) is 6.05. The number of nitrogens with one attached hydrogen (secondary N) is 1. The quantitative estimate of drug-likeness (QED) is 0.875. The topological polar surface area (TPSA) is 63.8 Å². The molecule has 0 fully saturated rings. The molecule has 0 saturated heterocycles. The van der Waals surface area contributed by atoms with Crippen molar-refractivity contribution in [2.45, 2.75) is 58.9 Å². The number of aromatic nitrogens is 3. The van der Waals surface area contributed by atoms with Crippen LogP contribution in [-0.2, 0) is 12.8 Å². The Balaban J connectivity index is 1.88. The van der Waals surface area contributed by atoms with Crippen LogP contribution in [-0.4, -0.2) is 15.1 Å². The molecule has 5 heteroatoms. The molecule has 0 amide bonds. The highest BCUT2D eigenvalue weighted by Crippen LogP contribution is 2.28. The molecule has 0 bridgehead atoms. The average Bonchev–Trinajstić information content (AvgIpc) is 2.66. The Morgan fingerprint density at radius 1 is 1.14 bits per heavy atom. The van der Waals surface area contributed by atoms with Crippen molar-refractivity contribution in [3.63, 3.8) is 0 Å². The van der Waals surface area contributed by atoms with Gasteiger partial charge in [0.15, 0.2) is 0 Å². The van der Waals surface area contributed by atoms with Crippen LogP contribution in [0.2, 0.25) is 0 Å². The van der Waals surface area contributed by atoms with Gasteiger partial charge in [-0.25, -0.2) is 9.97 Å². The van der Waals surface area contributed by atoms with Crippen molar-refractivity contribution in [2.24, 2.45) is 0 Å². The Morgan fingerprint density at radius 2 is 1.95 bits per heavy atom. The Hall–Kier alpha value is -1.91. The summed E-state index contributed by atoms with van der Waals surface area (Å²) < 4.78 is 5.26. The molecule has 1 aliphatic carbocycles. The van der Waals surface area contributed by atoms with E-state index in [-0.39, 0.29) is 6.04 Å². The van der Waals surface area contributed by atoms with Gasteiger partial charge >= 0.3 is 0 Å². The van der Waals surface area contributed by atoms with Crippen LogP contribution in [0.25, 0.3) is 0 Å². The van der Waals surface area contributed by atoms with E-state index in [9.17, 15) is 0 Å². The summed E-state index contributed by atoms with van der Waals surface area (Å²) in [6, 6.07) is 0.124. The van der Waals surface area contributed by atoms with Gasteiger partial charge in [0, 0.05) is 16.8 Å². The SMILES string of the molecule is Cc1noc(C)c1C(C)Nc1ncnc2c1CCCCC2. The maximum absolute atomic E-state index is 5.26. The average molecular weight is 286 g/mol. The number of hydrogen-bond acceptors (Lipinski definition) is 5. The predicted octanol–water partition coefficient (Wildman–Crippen LogP) is 3.52. The lowest BCUT2D eigenvalue weighted by Gasteiger charge is -2.18. The van der Waals surface area contributed by atoms with Gasteiger partial charge in [-0.2, -0.15) is 0 Å². The molecule has 112 valence electrons. The van der Waals surface area contributed by atoms with Crippen LogP contribution in [0.3, 0.4) is 0 Å². The van der Waals surface area contributed by atoms with E-state index in [0.717, 1.165) is 35.7 Å². The lowest BCUT2D eigenvalue weighted by atomic mass is 10.1. The molecule has 0 saturated carbocycles. The summed E-state index contributed by atoms with van der Waals surface area (Å²) in [6.07, 6.45) is 7.51. The third kappa shape index (κ3) is 2.77. The molecule has 2 heterocycles. The standard InChI is InChI=1S/C16H22N4O/c1-10(15-11(2)20-21-12(15)3)19-16-13-7-5-4-6-8-14(13)17-9-18-16/h9-10H,4-8H2,1-3H3,(H,17,18,19). The molecule has 0 aliphatic heterocycles. The number of hydrogen-bond donors (Lipinski definition) is 1. The van der Waals surface area contributed by atoms with Crippen LogP contribution < -0.4 is 5.32 Å². The van der Waals surface area contributed by atoms with Gasteiger partial charge in [-0.05, 0) is 46.5 Å².